The van der Waals surface area contributed by atoms with E-state index in [4.69, 9.17) is 14.2 Å². The Morgan fingerprint density at radius 1 is 1.09 bits per heavy atom. The molecule has 5 nitrogen and oxygen atoms in total. The molecule has 1 aromatic rings. The summed E-state index contributed by atoms with van der Waals surface area (Å²) < 4.78 is 16.5. The molecule has 1 aromatic carbocycles. The number of fused-ring (bicyclic) bond motifs is 3. The number of hydrogen-bond acceptors (Lipinski definition) is 5. The fraction of sp³-hybridized carbons (Fsp3) is 0.333. The van der Waals surface area contributed by atoms with Crippen molar-refractivity contribution < 1.29 is 23.8 Å². The van der Waals surface area contributed by atoms with Crippen LogP contribution in [0.25, 0.3) is 6.08 Å². The SMILES string of the molecule is COC1=C(C)C(=O)c2cc(OC)c3c(c2C1=O)C=CC(C)(C)O3. The van der Waals surface area contributed by atoms with Crippen LogP contribution in [0.3, 0.4) is 0 Å². The number of carbonyl (C=O) groups excluding carboxylic acids is 2. The van der Waals surface area contributed by atoms with E-state index in [9.17, 15) is 9.59 Å². The highest BCUT2D eigenvalue weighted by Gasteiger charge is 2.37. The van der Waals surface area contributed by atoms with Gasteiger partial charge in [-0.25, -0.2) is 0 Å². The first-order chi connectivity index (χ1) is 10.8. The summed E-state index contributed by atoms with van der Waals surface area (Å²) in [6.07, 6.45) is 3.66. The minimum atomic E-state index is -0.522. The summed E-state index contributed by atoms with van der Waals surface area (Å²) in [6.45, 7) is 5.40. The molecular weight excluding hydrogens is 296 g/mol. The molecule has 5 heteroatoms. The van der Waals surface area contributed by atoms with Crippen molar-refractivity contribution in [3.63, 3.8) is 0 Å². The summed E-state index contributed by atoms with van der Waals surface area (Å²) in [7, 11) is 2.90. The van der Waals surface area contributed by atoms with Gasteiger partial charge in [-0.1, -0.05) is 6.08 Å². The van der Waals surface area contributed by atoms with Crippen LogP contribution in [0.15, 0.2) is 23.5 Å². The third kappa shape index (κ3) is 2.15. The molecule has 1 aliphatic carbocycles. The van der Waals surface area contributed by atoms with Crippen molar-refractivity contribution in [2.75, 3.05) is 14.2 Å². The number of ether oxygens (including phenoxy) is 3. The van der Waals surface area contributed by atoms with Gasteiger partial charge in [0.25, 0.3) is 0 Å². The molecule has 0 saturated heterocycles. The molecule has 0 bridgehead atoms. The maximum absolute atomic E-state index is 12.8. The van der Waals surface area contributed by atoms with Gasteiger partial charge in [-0.2, -0.15) is 0 Å². The Kier molecular flexibility index (Phi) is 3.32. The molecule has 1 heterocycles. The van der Waals surface area contributed by atoms with Crippen molar-refractivity contribution in [3.05, 3.63) is 40.2 Å². The fourth-order valence-electron chi connectivity index (χ4n) is 2.92. The maximum Gasteiger partial charge on any atom is 0.229 e. The standard InChI is InChI=1S/C18H18O5/c1-9-14(19)11-8-12(21-4)17-10(6-7-18(2,3)23-17)13(11)15(20)16(9)22-5/h6-8H,1-5H3. The normalized spacial score (nSPS) is 18.3. The van der Waals surface area contributed by atoms with Crippen molar-refractivity contribution >= 4 is 17.6 Å². The number of carbonyl (C=O) groups is 2. The summed E-state index contributed by atoms with van der Waals surface area (Å²) in [5.74, 6) is 0.427. The molecule has 120 valence electrons. The van der Waals surface area contributed by atoms with Gasteiger partial charge in [-0.3, -0.25) is 9.59 Å². The average molecular weight is 314 g/mol. The lowest BCUT2D eigenvalue weighted by Crippen LogP contribution is -2.30. The zero-order chi connectivity index (χ0) is 16.9. The Morgan fingerprint density at radius 3 is 2.39 bits per heavy atom. The molecule has 0 fully saturated rings. The lowest BCUT2D eigenvalue weighted by Gasteiger charge is -2.31. The first-order valence-corrected chi connectivity index (χ1v) is 7.28. The second-order valence-electron chi connectivity index (χ2n) is 6.10. The number of ketones is 2. The molecule has 2 aliphatic rings. The molecule has 0 radical (unpaired) electrons. The largest absolute Gasteiger partial charge is 0.493 e. The average Bonchev–Trinajstić information content (AvgIpc) is 2.51. The summed E-state index contributed by atoms with van der Waals surface area (Å²) in [5, 5.41) is 0. The van der Waals surface area contributed by atoms with E-state index in [0.717, 1.165) is 0 Å². The summed E-state index contributed by atoms with van der Waals surface area (Å²) in [4.78, 5) is 25.4. The quantitative estimate of drug-likeness (QED) is 0.839. The van der Waals surface area contributed by atoms with Gasteiger partial charge in [0, 0.05) is 22.3 Å². The molecule has 0 aromatic heterocycles. The molecule has 0 amide bonds. The van der Waals surface area contributed by atoms with Gasteiger partial charge in [-0.05, 0) is 32.9 Å². The second-order valence-corrected chi connectivity index (χ2v) is 6.10. The van der Waals surface area contributed by atoms with Gasteiger partial charge in [0.15, 0.2) is 23.0 Å². The Morgan fingerprint density at radius 2 is 1.78 bits per heavy atom. The molecule has 0 N–H and O–H groups in total. The van der Waals surface area contributed by atoms with Crippen LogP contribution in [0.5, 0.6) is 11.5 Å². The highest BCUT2D eigenvalue weighted by Crippen LogP contribution is 2.44. The minimum Gasteiger partial charge on any atom is -0.493 e. The summed E-state index contributed by atoms with van der Waals surface area (Å²) >= 11 is 0. The van der Waals surface area contributed by atoms with Crippen molar-refractivity contribution in [2.24, 2.45) is 0 Å². The lowest BCUT2D eigenvalue weighted by atomic mass is 9.84. The molecule has 1 aliphatic heterocycles. The Hall–Kier alpha value is -2.56. The van der Waals surface area contributed by atoms with Gasteiger partial charge in [0.1, 0.15) is 5.60 Å². The zero-order valence-corrected chi connectivity index (χ0v) is 13.8. The molecule has 0 spiro atoms. The number of rotatable bonds is 2. The van der Waals surface area contributed by atoms with E-state index in [1.54, 1.807) is 19.1 Å². The van der Waals surface area contributed by atoms with Crippen LogP contribution in [0.2, 0.25) is 0 Å². The molecular formula is C18H18O5. The molecule has 0 unspecified atom stereocenters. The first kappa shape index (κ1) is 15.3. The molecule has 3 rings (SSSR count). The van der Waals surface area contributed by atoms with Crippen LogP contribution in [-0.2, 0) is 4.74 Å². The van der Waals surface area contributed by atoms with E-state index in [1.165, 1.54) is 14.2 Å². The minimum absolute atomic E-state index is 0.0769. The third-order valence-corrected chi connectivity index (χ3v) is 4.08. The van der Waals surface area contributed by atoms with E-state index in [1.807, 2.05) is 19.9 Å². The van der Waals surface area contributed by atoms with Crippen LogP contribution in [0.1, 0.15) is 47.1 Å². The number of methoxy groups -OCH3 is 2. The molecule has 23 heavy (non-hydrogen) atoms. The number of Topliss-reactive ketones (excluding diaryl/α,β-unsaturated/α-hetero) is 2. The maximum atomic E-state index is 12.8. The Labute approximate surface area is 134 Å². The van der Waals surface area contributed by atoms with Crippen LogP contribution >= 0.6 is 0 Å². The van der Waals surface area contributed by atoms with E-state index in [0.29, 0.717) is 33.8 Å². The van der Waals surface area contributed by atoms with Crippen LogP contribution in [-0.4, -0.2) is 31.4 Å². The van der Waals surface area contributed by atoms with Crippen molar-refractivity contribution in [3.8, 4) is 11.5 Å². The summed E-state index contributed by atoms with van der Waals surface area (Å²) in [5.41, 5.74) is 0.954. The summed E-state index contributed by atoms with van der Waals surface area (Å²) in [6, 6.07) is 1.57. The smallest absolute Gasteiger partial charge is 0.229 e. The van der Waals surface area contributed by atoms with Gasteiger partial charge in [0.2, 0.25) is 5.78 Å². The van der Waals surface area contributed by atoms with E-state index in [2.05, 4.69) is 0 Å². The van der Waals surface area contributed by atoms with Crippen LogP contribution in [0, 0.1) is 0 Å². The van der Waals surface area contributed by atoms with Crippen molar-refractivity contribution in [1.29, 1.82) is 0 Å². The predicted octanol–water partition coefficient (Wildman–Crippen LogP) is 3.18. The van der Waals surface area contributed by atoms with E-state index in [-0.39, 0.29) is 17.3 Å². The number of hydrogen-bond donors (Lipinski definition) is 0. The molecule has 0 atom stereocenters. The number of allylic oxidation sites excluding steroid dienone is 2. The predicted molar refractivity (Wildman–Crippen MR) is 85.1 cm³/mol. The topological polar surface area (TPSA) is 61.8 Å². The van der Waals surface area contributed by atoms with Gasteiger partial charge >= 0.3 is 0 Å². The van der Waals surface area contributed by atoms with Gasteiger partial charge < -0.3 is 14.2 Å². The fourth-order valence-corrected chi connectivity index (χ4v) is 2.92. The first-order valence-electron chi connectivity index (χ1n) is 7.28. The Bertz CT molecular complexity index is 796. The van der Waals surface area contributed by atoms with Crippen LogP contribution < -0.4 is 9.47 Å². The third-order valence-electron chi connectivity index (χ3n) is 4.08. The highest BCUT2D eigenvalue weighted by atomic mass is 16.5. The monoisotopic (exact) mass is 314 g/mol. The number of benzene rings is 1. The van der Waals surface area contributed by atoms with Crippen molar-refractivity contribution in [2.45, 2.75) is 26.4 Å². The Balaban J connectivity index is 2.34. The van der Waals surface area contributed by atoms with Crippen molar-refractivity contribution in [1.82, 2.24) is 0 Å². The zero-order valence-electron chi connectivity index (χ0n) is 13.8. The van der Waals surface area contributed by atoms with Crippen LogP contribution in [0.4, 0.5) is 0 Å². The van der Waals surface area contributed by atoms with Gasteiger partial charge in [-0.15, -0.1) is 0 Å². The van der Waals surface area contributed by atoms with E-state index < -0.39 is 5.60 Å². The molecule has 0 saturated carbocycles. The lowest BCUT2D eigenvalue weighted by molar-refractivity contribution is 0.0903. The second kappa shape index (κ2) is 4.98. The van der Waals surface area contributed by atoms with E-state index >= 15 is 0 Å². The van der Waals surface area contributed by atoms with Gasteiger partial charge in [0.05, 0.1) is 14.2 Å². The highest BCUT2D eigenvalue weighted by molar-refractivity contribution is 6.27.